The first kappa shape index (κ1) is 22.4. The average Bonchev–Trinajstić information content (AvgIpc) is 3.21. The predicted molar refractivity (Wildman–Crippen MR) is 107 cm³/mol. The largest absolute Gasteiger partial charge is 0.494 e. The summed E-state index contributed by atoms with van der Waals surface area (Å²) in [7, 11) is -3.62. The molecule has 0 spiro atoms. The molecule has 3 atom stereocenters. The highest BCUT2D eigenvalue weighted by molar-refractivity contribution is 7.89. The van der Waals surface area contributed by atoms with Gasteiger partial charge in [-0.05, 0) is 32.9 Å². The highest BCUT2D eigenvalue weighted by atomic mass is 32.2. The molecule has 172 valence electrons. The summed E-state index contributed by atoms with van der Waals surface area (Å²) in [6.45, 7) is 11.6. The van der Waals surface area contributed by atoms with Gasteiger partial charge in [-0.15, -0.1) is 0 Å². The van der Waals surface area contributed by atoms with Crippen LogP contribution in [0.3, 0.4) is 0 Å². The van der Waals surface area contributed by atoms with Gasteiger partial charge in [0.1, 0.15) is 5.60 Å². The summed E-state index contributed by atoms with van der Waals surface area (Å²) >= 11 is 0. The summed E-state index contributed by atoms with van der Waals surface area (Å²) in [6.07, 6.45) is -4.67. The van der Waals surface area contributed by atoms with E-state index in [2.05, 4.69) is 9.57 Å². The number of nitrogens with one attached hydrogen (secondary N) is 1. The lowest BCUT2D eigenvalue weighted by atomic mass is 9.77. The second kappa shape index (κ2) is 6.63. The van der Waals surface area contributed by atoms with Gasteiger partial charge in [-0.1, -0.05) is 6.07 Å². The maximum absolute atomic E-state index is 13.4. The number of nitrogens with zero attached hydrogens (tertiary/aromatic N) is 2. The van der Waals surface area contributed by atoms with Gasteiger partial charge < -0.3 is 14.9 Å². The molecule has 12 heteroatoms. The smallest absolute Gasteiger partial charge is 0.407 e. The molecule has 3 heterocycles. The maximum Gasteiger partial charge on any atom is 0.407 e. The average molecular weight is 471 g/mol. The lowest BCUT2D eigenvalue weighted by Crippen LogP contribution is -2.47. The van der Waals surface area contributed by atoms with Crippen molar-refractivity contribution in [2.24, 2.45) is 0 Å². The predicted octanol–water partition coefficient (Wildman–Crippen LogP) is 3.63. The van der Waals surface area contributed by atoms with Crippen LogP contribution < -0.4 is 4.72 Å². The Morgan fingerprint density at radius 1 is 1.28 bits per heavy atom. The van der Waals surface area contributed by atoms with Crippen LogP contribution in [0.2, 0.25) is 0 Å². The third-order valence-corrected chi connectivity index (χ3v) is 7.61. The van der Waals surface area contributed by atoms with Crippen LogP contribution in [0.25, 0.3) is 10.5 Å². The normalized spacial score (nSPS) is 26.8. The van der Waals surface area contributed by atoms with Crippen molar-refractivity contribution >= 4 is 15.7 Å². The van der Waals surface area contributed by atoms with Gasteiger partial charge >= 0.3 is 6.18 Å². The summed E-state index contributed by atoms with van der Waals surface area (Å²) < 4.78 is 74.0. The van der Waals surface area contributed by atoms with Crippen LogP contribution >= 0.6 is 0 Å². The van der Waals surface area contributed by atoms with Crippen molar-refractivity contribution < 1.29 is 36.5 Å². The van der Waals surface area contributed by atoms with Crippen molar-refractivity contribution in [2.75, 3.05) is 5.75 Å². The summed E-state index contributed by atoms with van der Waals surface area (Å²) in [6, 6.07) is 2.05. The Balaban J connectivity index is 1.90. The molecule has 0 radical (unpaired) electrons. The number of hydrogen-bond acceptors (Lipinski definition) is 5. The Kier molecular flexibility index (Phi) is 4.65. The van der Waals surface area contributed by atoms with E-state index in [1.165, 1.54) is 13.0 Å². The van der Waals surface area contributed by atoms with E-state index in [0.717, 1.165) is 10.6 Å². The van der Waals surface area contributed by atoms with E-state index in [0.29, 0.717) is 6.07 Å². The van der Waals surface area contributed by atoms with Crippen LogP contribution in [-0.2, 0) is 32.1 Å². The van der Waals surface area contributed by atoms with Gasteiger partial charge in [-0.25, -0.2) is 18.0 Å². The number of rotatable bonds is 4. The van der Waals surface area contributed by atoms with Gasteiger partial charge in [0, 0.05) is 6.42 Å². The van der Waals surface area contributed by atoms with Crippen molar-refractivity contribution in [3.8, 4) is 17.4 Å². The molecule has 0 amide bonds. The number of aromatic hydroxyl groups is 2. The molecule has 3 unspecified atom stereocenters. The minimum atomic E-state index is -4.82. The topological polar surface area (TPSA) is 105 Å². The number of benzene rings is 1. The number of aromatic nitrogens is 1. The van der Waals surface area contributed by atoms with E-state index in [4.69, 9.17) is 11.3 Å². The van der Waals surface area contributed by atoms with E-state index in [-0.39, 0.29) is 29.0 Å². The van der Waals surface area contributed by atoms with Crippen molar-refractivity contribution in [3.05, 3.63) is 46.3 Å². The zero-order valence-corrected chi connectivity index (χ0v) is 18.1. The Bertz CT molecular complexity index is 1280. The van der Waals surface area contributed by atoms with E-state index >= 15 is 0 Å². The monoisotopic (exact) mass is 471 g/mol. The second-order valence-corrected chi connectivity index (χ2v) is 10.3. The number of halogens is 3. The zero-order valence-electron chi connectivity index (χ0n) is 17.3. The molecule has 8 nitrogen and oxygen atoms in total. The minimum absolute atomic E-state index is 0.107. The first-order chi connectivity index (χ1) is 14.7. The summed E-state index contributed by atoms with van der Waals surface area (Å²) in [5, 5.41) is 21.9. The molecular formula is C20H20F3N3O5S. The van der Waals surface area contributed by atoms with Crippen LogP contribution in [0.4, 0.5) is 18.9 Å². The van der Waals surface area contributed by atoms with Gasteiger partial charge in [0.2, 0.25) is 21.8 Å². The maximum atomic E-state index is 13.4. The lowest BCUT2D eigenvalue weighted by Gasteiger charge is -2.30. The standard InChI is InChI=1S/C20H20F3N3O5S/c1-5-32(29,30)25-13-9-18(2)14-15(19(13,3)31-18)17(28)26(16(14)27)10-6-7-12(24-4)11(8-10)20(21,22)23/h6-8,13,25,27-28H,5,9H2,1-3H3. The highest BCUT2D eigenvalue weighted by Gasteiger charge is 2.65. The number of fused-ring (bicyclic) bond motifs is 5. The SMILES string of the molecule is [C-]#[N+]c1ccc(-n2c(O)c3c(c2O)C2(C)OC3(C)CC2NS(=O)(=O)CC)cc1C(F)(F)F. The lowest BCUT2D eigenvalue weighted by molar-refractivity contribution is -0.136. The van der Waals surface area contributed by atoms with Crippen molar-refractivity contribution in [1.29, 1.82) is 0 Å². The van der Waals surface area contributed by atoms with Crippen LogP contribution in [0, 0.1) is 6.57 Å². The summed E-state index contributed by atoms with van der Waals surface area (Å²) in [5.41, 5.74) is -4.27. The molecule has 1 fully saturated rings. The van der Waals surface area contributed by atoms with E-state index in [1.54, 1.807) is 13.8 Å². The molecule has 0 aliphatic carbocycles. The molecule has 32 heavy (non-hydrogen) atoms. The first-order valence-electron chi connectivity index (χ1n) is 9.65. The summed E-state index contributed by atoms with van der Waals surface area (Å²) in [5.74, 6) is -1.24. The molecule has 0 saturated carbocycles. The quantitative estimate of drug-likeness (QED) is 0.591. The van der Waals surface area contributed by atoms with Gasteiger partial charge in [0.15, 0.2) is 5.69 Å². The first-order valence-corrected chi connectivity index (χ1v) is 11.3. The van der Waals surface area contributed by atoms with Gasteiger partial charge in [0.25, 0.3) is 0 Å². The van der Waals surface area contributed by atoms with E-state index in [1.807, 2.05) is 0 Å². The second-order valence-electron chi connectivity index (χ2n) is 8.26. The molecule has 2 aromatic rings. The highest BCUT2D eigenvalue weighted by Crippen LogP contribution is 2.64. The van der Waals surface area contributed by atoms with Crippen molar-refractivity contribution in [3.63, 3.8) is 0 Å². The fourth-order valence-electron chi connectivity index (χ4n) is 4.75. The van der Waals surface area contributed by atoms with Gasteiger partial charge in [0.05, 0.1) is 46.3 Å². The molecule has 1 saturated heterocycles. The Morgan fingerprint density at radius 2 is 1.91 bits per heavy atom. The Hall–Kier alpha value is -2.75. The third kappa shape index (κ3) is 2.99. The molecule has 3 N–H and O–H groups in total. The fraction of sp³-hybridized carbons (Fsp3) is 0.450. The molecular weight excluding hydrogens is 451 g/mol. The molecule has 2 aliphatic rings. The number of sulfonamides is 1. The molecule has 4 rings (SSSR count). The minimum Gasteiger partial charge on any atom is -0.494 e. The number of alkyl halides is 3. The fourth-order valence-corrected chi connectivity index (χ4v) is 5.66. The summed E-state index contributed by atoms with van der Waals surface area (Å²) in [4.78, 5) is 2.89. The Labute approximate surface area is 182 Å². The molecule has 1 aromatic carbocycles. The number of ether oxygens (including phenoxy) is 1. The van der Waals surface area contributed by atoms with Gasteiger partial charge in [-0.2, -0.15) is 13.2 Å². The van der Waals surface area contributed by atoms with Crippen LogP contribution in [0.5, 0.6) is 11.8 Å². The Morgan fingerprint density at radius 3 is 2.47 bits per heavy atom. The van der Waals surface area contributed by atoms with Gasteiger partial charge in [-0.3, -0.25) is 4.57 Å². The zero-order chi connectivity index (χ0) is 23.9. The molecule has 2 bridgehead atoms. The molecule has 1 aromatic heterocycles. The van der Waals surface area contributed by atoms with E-state index in [9.17, 15) is 31.8 Å². The van der Waals surface area contributed by atoms with E-state index < -0.39 is 56.5 Å². The third-order valence-electron chi connectivity index (χ3n) is 6.21. The number of hydrogen-bond donors (Lipinski definition) is 3. The van der Waals surface area contributed by atoms with Crippen LogP contribution in [-0.4, -0.2) is 35.0 Å². The van der Waals surface area contributed by atoms with Crippen LogP contribution in [0.15, 0.2) is 18.2 Å². The van der Waals surface area contributed by atoms with Crippen LogP contribution in [0.1, 0.15) is 43.9 Å². The molecule has 2 aliphatic heterocycles. The van der Waals surface area contributed by atoms with Crippen molar-refractivity contribution in [2.45, 2.75) is 50.6 Å². The van der Waals surface area contributed by atoms with Crippen molar-refractivity contribution in [1.82, 2.24) is 9.29 Å².